The van der Waals surface area contributed by atoms with E-state index >= 15 is 0 Å². The standard InChI is InChI=1S/C6H2F8O2/c7-2(8)1(3(15)16)5(11,4(9)10)6(12,13)14/h4H,(H,15,16). The highest BCUT2D eigenvalue weighted by Crippen LogP contribution is 2.45. The van der Waals surface area contributed by atoms with Crippen LogP contribution in [0.3, 0.4) is 0 Å². The van der Waals surface area contributed by atoms with E-state index in [2.05, 4.69) is 0 Å². The molecule has 2 nitrogen and oxygen atoms in total. The van der Waals surface area contributed by atoms with Crippen LogP contribution >= 0.6 is 0 Å². The van der Waals surface area contributed by atoms with Gasteiger partial charge in [-0.1, -0.05) is 0 Å². The van der Waals surface area contributed by atoms with Crippen molar-refractivity contribution in [1.82, 2.24) is 0 Å². The summed E-state index contributed by atoms with van der Waals surface area (Å²) >= 11 is 0. The van der Waals surface area contributed by atoms with Gasteiger partial charge in [0.1, 0.15) is 0 Å². The summed E-state index contributed by atoms with van der Waals surface area (Å²) < 4.78 is 95.5. The van der Waals surface area contributed by atoms with Crippen LogP contribution in [0.15, 0.2) is 11.7 Å². The number of hydrogen-bond donors (Lipinski definition) is 1. The maximum absolute atomic E-state index is 12.8. The lowest BCUT2D eigenvalue weighted by Gasteiger charge is -2.26. The Bertz CT molecular complexity index is 315. The zero-order valence-corrected chi connectivity index (χ0v) is 6.96. The summed E-state index contributed by atoms with van der Waals surface area (Å²) in [6, 6.07) is 0. The van der Waals surface area contributed by atoms with E-state index in [1.54, 1.807) is 0 Å². The molecule has 0 aromatic heterocycles. The highest BCUT2D eigenvalue weighted by molar-refractivity contribution is 5.89. The number of aliphatic carboxylic acids is 1. The SMILES string of the molecule is O=C(O)C(=C(F)F)C(F)(C(F)F)C(F)(F)F. The van der Waals surface area contributed by atoms with Crippen molar-refractivity contribution < 1.29 is 45.0 Å². The number of hydrogen-bond acceptors (Lipinski definition) is 1. The van der Waals surface area contributed by atoms with Crippen LogP contribution in [0, 0.1) is 0 Å². The van der Waals surface area contributed by atoms with Crippen LogP contribution in [0.4, 0.5) is 35.1 Å². The van der Waals surface area contributed by atoms with Crippen molar-refractivity contribution in [1.29, 1.82) is 0 Å². The summed E-state index contributed by atoms with van der Waals surface area (Å²) in [5.74, 6) is -3.11. The lowest BCUT2D eigenvalue weighted by atomic mass is 9.96. The Kier molecular flexibility index (Phi) is 3.90. The second-order valence-corrected chi connectivity index (χ2v) is 2.45. The largest absolute Gasteiger partial charge is 0.478 e. The highest BCUT2D eigenvalue weighted by atomic mass is 19.4. The van der Waals surface area contributed by atoms with Gasteiger partial charge in [0, 0.05) is 0 Å². The van der Waals surface area contributed by atoms with Gasteiger partial charge in [-0.15, -0.1) is 0 Å². The van der Waals surface area contributed by atoms with Crippen LogP contribution in [0.2, 0.25) is 0 Å². The third-order valence-electron chi connectivity index (χ3n) is 1.48. The minimum absolute atomic E-state index is 3.11. The van der Waals surface area contributed by atoms with Crippen LogP contribution in [0.25, 0.3) is 0 Å². The molecular formula is C6H2F8O2. The Morgan fingerprint density at radius 3 is 1.50 bits per heavy atom. The second-order valence-electron chi connectivity index (χ2n) is 2.45. The number of carboxylic acid groups (broad SMARTS) is 1. The molecule has 1 unspecified atom stereocenters. The van der Waals surface area contributed by atoms with Gasteiger partial charge in [0.15, 0.2) is 5.57 Å². The van der Waals surface area contributed by atoms with Crippen LogP contribution in [-0.4, -0.2) is 29.3 Å². The molecule has 0 bridgehead atoms. The Balaban J connectivity index is 5.91. The summed E-state index contributed by atoms with van der Waals surface area (Å²) in [6.07, 6.45) is -15.1. The molecule has 16 heavy (non-hydrogen) atoms. The quantitative estimate of drug-likeness (QED) is 0.624. The molecule has 94 valence electrons. The van der Waals surface area contributed by atoms with Crippen molar-refractivity contribution in [2.45, 2.75) is 18.3 Å². The third kappa shape index (κ3) is 2.25. The Morgan fingerprint density at radius 1 is 1.06 bits per heavy atom. The summed E-state index contributed by atoms with van der Waals surface area (Å²) in [5.41, 5.74) is -9.22. The molecule has 0 heterocycles. The van der Waals surface area contributed by atoms with Crippen molar-refractivity contribution in [3.63, 3.8) is 0 Å². The first-order valence-electron chi connectivity index (χ1n) is 3.29. The number of rotatable bonds is 3. The molecule has 10 heteroatoms. The Labute approximate surface area is 82.2 Å². The molecule has 0 saturated carbocycles. The summed E-state index contributed by atoms with van der Waals surface area (Å²) in [6.45, 7) is 0. The molecule has 1 N–H and O–H groups in total. The van der Waals surface area contributed by atoms with Gasteiger partial charge in [-0.3, -0.25) is 0 Å². The smallest absolute Gasteiger partial charge is 0.433 e. The van der Waals surface area contributed by atoms with Gasteiger partial charge in [-0.25, -0.2) is 18.0 Å². The third-order valence-corrected chi connectivity index (χ3v) is 1.48. The molecule has 0 aliphatic heterocycles. The number of carboxylic acids is 1. The minimum atomic E-state index is -6.47. The van der Waals surface area contributed by atoms with Crippen LogP contribution in [0.5, 0.6) is 0 Å². The molecule has 1 atom stereocenters. The van der Waals surface area contributed by atoms with Gasteiger partial charge in [-0.2, -0.15) is 22.0 Å². The molecule has 0 aromatic carbocycles. The molecule has 0 aromatic rings. The van der Waals surface area contributed by atoms with Gasteiger partial charge < -0.3 is 5.11 Å². The van der Waals surface area contributed by atoms with Crippen LogP contribution in [0.1, 0.15) is 0 Å². The van der Waals surface area contributed by atoms with Gasteiger partial charge >= 0.3 is 17.8 Å². The average Bonchev–Trinajstić information content (AvgIpc) is 1.99. The van der Waals surface area contributed by atoms with Gasteiger partial charge in [0.05, 0.1) is 0 Å². The van der Waals surface area contributed by atoms with E-state index in [1.165, 1.54) is 0 Å². The minimum Gasteiger partial charge on any atom is -0.478 e. The van der Waals surface area contributed by atoms with E-state index in [4.69, 9.17) is 5.11 Å². The predicted octanol–water partition coefficient (Wildman–Crippen LogP) is 2.76. The zero-order valence-electron chi connectivity index (χ0n) is 6.96. The van der Waals surface area contributed by atoms with Crippen molar-refractivity contribution in [2.24, 2.45) is 0 Å². The summed E-state index contributed by atoms with van der Waals surface area (Å²) in [5, 5.41) is 7.88. The molecule has 0 amide bonds. The Morgan fingerprint density at radius 2 is 1.44 bits per heavy atom. The van der Waals surface area contributed by atoms with Crippen molar-refractivity contribution in [2.75, 3.05) is 0 Å². The summed E-state index contributed by atoms with van der Waals surface area (Å²) in [4.78, 5) is 9.93. The maximum atomic E-state index is 12.8. The first-order chi connectivity index (χ1) is 6.96. The van der Waals surface area contributed by atoms with Crippen LogP contribution in [-0.2, 0) is 4.79 Å². The van der Waals surface area contributed by atoms with E-state index in [0.717, 1.165) is 0 Å². The lowest BCUT2D eigenvalue weighted by molar-refractivity contribution is -0.254. The fourth-order valence-corrected chi connectivity index (χ4v) is 0.749. The predicted molar refractivity (Wildman–Crippen MR) is 32.8 cm³/mol. The number of alkyl halides is 6. The molecule has 0 spiro atoms. The fourth-order valence-electron chi connectivity index (χ4n) is 0.749. The molecule has 0 radical (unpaired) electrons. The molecule has 0 aliphatic rings. The molecule has 0 fully saturated rings. The highest BCUT2D eigenvalue weighted by Gasteiger charge is 2.68. The normalized spacial score (nSPS) is 15.8. The van der Waals surface area contributed by atoms with Crippen LogP contribution < -0.4 is 0 Å². The van der Waals surface area contributed by atoms with Gasteiger partial charge in [0.25, 0.3) is 12.5 Å². The van der Waals surface area contributed by atoms with E-state index in [0.29, 0.717) is 0 Å². The van der Waals surface area contributed by atoms with Gasteiger partial charge in [-0.05, 0) is 0 Å². The van der Waals surface area contributed by atoms with E-state index in [9.17, 15) is 39.9 Å². The van der Waals surface area contributed by atoms with E-state index in [1.807, 2.05) is 0 Å². The van der Waals surface area contributed by atoms with E-state index < -0.39 is 35.9 Å². The van der Waals surface area contributed by atoms with Gasteiger partial charge in [0.2, 0.25) is 0 Å². The van der Waals surface area contributed by atoms with E-state index in [-0.39, 0.29) is 0 Å². The van der Waals surface area contributed by atoms with Crippen molar-refractivity contribution in [3.05, 3.63) is 11.7 Å². The number of carbonyl (C=O) groups is 1. The number of halogens is 8. The first kappa shape index (κ1) is 14.7. The van der Waals surface area contributed by atoms with Crippen molar-refractivity contribution in [3.8, 4) is 0 Å². The average molecular weight is 258 g/mol. The molecular weight excluding hydrogens is 256 g/mol. The first-order valence-corrected chi connectivity index (χ1v) is 3.29. The van der Waals surface area contributed by atoms with Crippen molar-refractivity contribution >= 4 is 5.97 Å². The Hall–Kier alpha value is -1.35. The fraction of sp³-hybridized carbons (Fsp3) is 0.500. The second kappa shape index (κ2) is 4.26. The lowest BCUT2D eigenvalue weighted by Crippen LogP contribution is -2.51. The summed E-state index contributed by atoms with van der Waals surface area (Å²) in [7, 11) is 0. The molecule has 0 rings (SSSR count). The topological polar surface area (TPSA) is 37.3 Å². The monoisotopic (exact) mass is 258 g/mol. The zero-order chi connectivity index (χ0) is 13.3. The molecule has 0 aliphatic carbocycles. The maximum Gasteiger partial charge on any atom is 0.433 e. The molecule has 0 saturated heterocycles.